The van der Waals surface area contributed by atoms with Crippen LogP contribution >= 0.6 is 0 Å². The summed E-state index contributed by atoms with van der Waals surface area (Å²) >= 11 is 0. The molecular formula is C35H45F2N7O6S. The molecule has 0 radical (unpaired) electrons. The average molecular weight is 730 g/mol. The molecule has 6 rings (SSSR count). The molecule has 2 aromatic carbocycles. The number of halogens is 2. The van der Waals surface area contributed by atoms with E-state index < -0.39 is 40.2 Å². The molecule has 1 aromatic heterocycles. The predicted octanol–water partition coefficient (Wildman–Crippen LogP) is 4.88. The number of alkyl halides is 2. The summed E-state index contributed by atoms with van der Waals surface area (Å²) in [7, 11) is -2.16. The number of hydrogen-bond donors (Lipinski definition) is 2. The van der Waals surface area contributed by atoms with E-state index in [2.05, 4.69) is 15.7 Å². The van der Waals surface area contributed by atoms with E-state index >= 15 is 0 Å². The summed E-state index contributed by atoms with van der Waals surface area (Å²) in [5.74, 6) is 0.264. The molecule has 3 aliphatic heterocycles. The fourth-order valence-electron chi connectivity index (χ4n) is 7.22. The Hall–Kier alpha value is -4.15. The van der Waals surface area contributed by atoms with Crippen LogP contribution < -0.4 is 15.5 Å². The molecule has 51 heavy (non-hydrogen) atoms. The third kappa shape index (κ3) is 8.02. The Labute approximate surface area is 296 Å². The van der Waals surface area contributed by atoms with Gasteiger partial charge in [0.1, 0.15) is 5.60 Å². The van der Waals surface area contributed by atoms with E-state index in [1.807, 2.05) is 18.2 Å². The molecule has 0 aliphatic carbocycles. The highest BCUT2D eigenvalue weighted by Crippen LogP contribution is 2.38. The number of nitrogens with one attached hydrogen (secondary N) is 2. The lowest BCUT2D eigenvalue weighted by Crippen LogP contribution is -2.49. The molecule has 4 amide bonds. The fourth-order valence-corrected chi connectivity index (χ4v) is 8.75. The lowest BCUT2D eigenvalue weighted by Gasteiger charge is -2.38. The second kappa shape index (κ2) is 14.5. The van der Waals surface area contributed by atoms with Crippen molar-refractivity contribution in [1.29, 1.82) is 0 Å². The standard InChI is InChI=1S/C35H45F2N7O6S/c1-35(2,3)50-34(47)38-25-12-17-43(18-13-25)51(48,49)26-7-5-6-24(20-26)30(31(36)37)42-15-10-22(11-16-42)23-8-9-27-28(21-23)41(4)40-32(27)44-19-14-29(45)39-33(44)46/h5-9,20-22,25,30-31H,10-19H2,1-4H3,(H,38,47)(H,39,45,46). The van der Waals surface area contributed by atoms with Crippen LogP contribution in [0.15, 0.2) is 47.4 Å². The van der Waals surface area contributed by atoms with Crippen LogP contribution in [0.5, 0.6) is 0 Å². The zero-order valence-corrected chi connectivity index (χ0v) is 30.1. The monoisotopic (exact) mass is 729 g/mol. The number of benzene rings is 2. The van der Waals surface area contributed by atoms with Crippen molar-refractivity contribution >= 4 is 44.8 Å². The summed E-state index contributed by atoms with van der Waals surface area (Å²) < 4.78 is 65.1. The van der Waals surface area contributed by atoms with Crippen molar-refractivity contribution in [1.82, 2.24) is 29.6 Å². The topological polar surface area (TPSA) is 146 Å². The van der Waals surface area contributed by atoms with Crippen molar-refractivity contribution in [3.05, 3.63) is 53.6 Å². The summed E-state index contributed by atoms with van der Waals surface area (Å²) in [6, 6.07) is 9.80. The molecule has 3 aliphatic rings. The molecule has 4 heterocycles. The number of anilines is 1. The maximum Gasteiger partial charge on any atom is 0.407 e. The van der Waals surface area contributed by atoms with Crippen LogP contribution in [0, 0.1) is 0 Å². The average Bonchev–Trinajstić information content (AvgIpc) is 3.39. The van der Waals surface area contributed by atoms with Crippen molar-refractivity contribution in [2.75, 3.05) is 37.6 Å². The summed E-state index contributed by atoms with van der Waals surface area (Å²) in [6.07, 6.45) is -1.04. The first kappa shape index (κ1) is 36.6. The minimum atomic E-state index is -3.95. The van der Waals surface area contributed by atoms with Crippen LogP contribution in [0.1, 0.15) is 76.0 Å². The predicted molar refractivity (Wildman–Crippen MR) is 186 cm³/mol. The van der Waals surface area contributed by atoms with E-state index in [0.717, 1.165) is 16.5 Å². The molecule has 276 valence electrons. The Bertz CT molecular complexity index is 1900. The number of fused-ring (bicyclic) bond motifs is 1. The minimum Gasteiger partial charge on any atom is -0.444 e. The number of amides is 4. The second-order valence-corrected chi connectivity index (χ2v) is 16.4. The first-order valence-electron chi connectivity index (χ1n) is 17.3. The zero-order valence-electron chi connectivity index (χ0n) is 29.3. The third-order valence-corrected chi connectivity index (χ3v) is 11.7. The van der Waals surface area contributed by atoms with Gasteiger partial charge in [-0.2, -0.15) is 9.40 Å². The zero-order chi connectivity index (χ0) is 36.7. The number of sulfonamides is 1. The number of piperidine rings is 2. The number of nitrogens with zero attached hydrogens (tertiary/aromatic N) is 5. The number of urea groups is 1. The van der Waals surface area contributed by atoms with Gasteiger partial charge < -0.3 is 10.1 Å². The number of alkyl carbamates (subject to hydrolysis) is 1. The van der Waals surface area contributed by atoms with Crippen LogP contribution in [0.2, 0.25) is 0 Å². The number of carbonyl (C=O) groups is 3. The van der Waals surface area contributed by atoms with Gasteiger partial charge in [-0.15, -0.1) is 0 Å². The number of imide groups is 1. The van der Waals surface area contributed by atoms with E-state index in [9.17, 15) is 31.6 Å². The third-order valence-electron chi connectivity index (χ3n) is 9.81. The van der Waals surface area contributed by atoms with Crippen LogP contribution in [0.25, 0.3) is 10.9 Å². The highest BCUT2D eigenvalue weighted by Gasteiger charge is 2.36. The van der Waals surface area contributed by atoms with Crippen molar-refractivity contribution in [3.63, 3.8) is 0 Å². The summed E-state index contributed by atoms with van der Waals surface area (Å²) in [6.45, 7) is 6.69. The Morgan fingerprint density at radius 1 is 1.00 bits per heavy atom. The molecule has 1 atom stereocenters. The van der Waals surface area contributed by atoms with Crippen molar-refractivity contribution < 1.29 is 36.3 Å². The summed E-state index contributed by atoms with van der Waals surface area (Å²) in [4.78, 5) is 39.4. The van der Waals surface area contributed by atoms with Gasteiger partial charge in [-0.1, -0.05) is 18.2 Å². The number of likely N-dealkylation sites (tertiary alicyclic amines) is 1. The molecule has 3 fully saturated rings. The van der Waals surface area contributed by atoms with Crippen LogP contribution in [-0.2, 0) is 26.6 Å². The second-order valence-electron chi connectivity index (χ2n) is 14.5. The normalized spacial score (nSPS) is 19.8. The lowest BCUT2D eigenvalue weighted by atomic mass is 9.88. The number of rotatable bonds is 8. The Balaban J connectivity index is 1.10. The van der Waals surface area contributed by atoms with Gasteiger partial charge in [-0.3, -0.25) is 24.6 Å². The molecule has 13 nitrogen and oxygen atoms in total. The summed E-state index contributed by atoms with van der Waals surface area (Å²) in [5, 5.41) is 10.5. The van der Waals surface area contributed by atoms with Gasteiger partial charge in [0.05, 0.1) is 16.5 Å². The molecule has 2 N–H and O–H groups in total. The number of ether oxygens (including phenoxy) is 1. The SMILES string of the molecule is Cn1nc(N2CCC(=O)NC2=O)c2ccc(C3CCN(C(c4cccc(S(=O)(=O)N5CCC(NC(=O)OC(C)(C)C)CC5)c4)C(F)F)CC3)cc21. The number of carbonyl (C=O) groups excluding carboxylic acids is 3. The van der Waals surface area contributed by atoms with Gasteiger partial charge in [0, 0.05) is 44.5 Å². The van der Waals surface area contributed by atoms with Gasteiger partial charge in [0.2, 0.25) is 15.9 Å². The highest BCUT2D eigenvalue weighted by molar-refractivity contribution is 7.89. The molecule has 0 bridgehead atoms. The number of aromatic nitrogens is 2. The maximum atomic E-state index is 14.7. The van der Waals surface area contributed by atoms with Crippen molar-refractivity contribution in [3.8, 4) is 0 Å². The first-order chi connectivity index (χ1) is 24.1. The summed E-state index contributed by atoms with van der Waals surface area (Å²) in [5.41, 5.74) is 1.47. The van der Waals surface area contributed by atoms with Gasteiger partial charge in [0.15, 0.2) is 5.82 Å². The van der Waals surface area contributed by atoms with Crippen LogP contribution in [0.3, 0.4) is 0 Å². The van der Waals surface area contributed by atoms with E-state index in [0.29, 0.717) is 44.6 Å². The van der Waals surface area contributed by atoms with E-state index in [1.165, 1.54) is 27.4 Å². The number of hydrogen-bond acceptors (Lipinski definition) is 8. The molecule has 0 spiro atoms. The molecular weight excluding hydrogens is 684 g/mol. The first-order valence-corrected chi connectivity index (χ1v) is 18.7. The largest absolute Gasteiger partial charge is 0.444 e. The molecule has 3 saturated heterocycles. The van der Waals surface area contributed by atoms with Gasteiger partial charge in [-0.05, 0) is 101 Å². The quantitative estimate of drug-likeness (QED) is 0.334. The van der Waals surface area contributed by atoms with E-state index in [-0.39, 0.29) is 54.4 Å². The Kier molecular flexibility index (Phi) is 10.4. The van der Waals surface area contributed by atoms with Crippen LogP contribution in [-0.4, -0.2) is 96.2 Å². The molecule has 0 saturated carbocycles. The van der Waals surface area contributed by atoms with Gasteiger partial charge in [0.25, 0.3) is 6.43 Å². The molecule has 3 aromatic rings. The van der Waals surface area contributed by atoms with Crippen molar-refractivity contribution in [2.24, 2.45) is 7.05 Å². The highest BCUT2D eigenvalue weighted by atomic mass is 32.2. The Morgan fingerprint density at radius 3 is 2.35 bits per heavy atom. The van der Waals surface area contributed by atoms with Crippen LogP contribution in [0.4, 0.5) is 24.2 Å². The lowest BCUT2D eigenvalue weighted by molar-refractivity contribution is -0.120. The molecule has 16 heteroatoms. The molecule has 1 unspecified atom stereocenters. The minimum absolute atomic E-state index is 0.0310. The van der Waals surface area contributed by atoms with Crippen molar-refractivity contribution in [2.45, 2.75) is 87.8 Å². The Morgan fingerprint density at radius 2 is 1.71 bits per heavy atom. The number of aryl methyl sites for hydroxylation is 1. The van der Waals surface area contributed by atoms with Gasteiger partial charge in [-0.25, -0.2) is 26.8 Å². The smallest absolute Gasteiger partial charge is 0.407 e. The van der Waals surface area contributed by atoms with E-state index in [1.54, 1.807) is 43.5 Å². The van der Waals surface area contributed by atoms with E-state index in [4.69, 9.17) is 4.74 Å². The van der Waals surface area contributed by atoms with Gasteiger partial charge >= 0.3 is 12.1 Å². The maximum absolute atomic E-state index is 14.7. The fraction of sp³-hybridized carbons (Fsp3) is 0.543.